The van der Waals surface area contributed by atoms with Crippen molar-refractivity contribution in [1.82, 2.24) is 0 Å². The lowest BCUT2D eigenvalue weighted by Gasteiger charge is -2.13. The zero-order valence-electron chi connectivity index (χ0n) is 6.05. The molecule has 2 atom stereocenters. The van der Waals surface area contributed by atoms with Crippen LogP contribution in [0.15, 0.2) is 0 Å². The van der Waals surface area contributed by atoms with Crippen LogP contribution in [0.4, 0.5) is 0 Å². The summed E-state index contributed by atoms with van der Waals surface area (Å²) < 4.78 is 5.18. The fourth-order valence-electron chi connectivity index (χ4n) is 1.19. The van der Waals surface area contributed by atoms with E-state index in [9.17, 15) is 0 Å². The molecule has 0 aromatic carbocycles. The first kappa shape index (κ1) is 7.59. The van der Waals surface area contributed by atoms with Gasteiger partial charge >= 0.3 is 0 Å². The second-order valence-corrected chi connectivity index (χ2v) is 2.70. The lowest BCUT2D eigenvalue weighted by atomic mass is 9.98. The van der Waals surface area contributed by atoms with Crippen molar-refractivity contribution in [2.45, 2.75) is 18.9 Å². The maximum atomic E-state index is 5.77. The van der Waals surface area contributed by atoms with Gasteiger partial charge in [0.15, 0.2) is 0 Å². The Morgan fingerprint density at radius 2 is 2.60 bits per heavy atom. The Bertz CT molecular complexity index is 133. The van der Waals surface area contributed by atoms with Crippen molar-refractivity contribution in [3.05, 3.63) is 0 Å². The molecule has 1 aliphatic rings. The molecule has 0 aromatic heterocycles. The Morgan fingerprint density at radius 1 is 1.80 bits per heavy atom. The number of hydrogen-bond acceptors (Lipinski definition) is 2. The Labute approximate surface area is 61.7 Å². The van der Waals surface area contributed by atoms with E-state index < -0.39 is 0 Å². The lowest BCUT2D eigenvalue weighted by Crippen LogP contribution is -2.29. The first-order valence-corrected chi connectivity index (χ1v) is 3.61. The minimum absolute atomic E-state index is 0.146. The van der Waals surface area contributed by atoms with Gasteiger partial charge in [-0.05, 0) is 6.42 Å². The van der Waals surface area contributed by atoms with Crippen LogP contribution in [0, 0.1) is 18.3 Å². The Kier molecular flexibility index (Phi) is 2.73. The van der Waals surface area contributed by atoms with Crippen molar-refractivity contribution in [3.63, 3.8) is 0 Å². The van der Waals surface area contributed by atoms with Crippen LogP contribution < -0.4 is 5.73 Å². The highest BCUT2D eigenvalue weighted by Gasteiger charge is 2.21. The third-order valence-corrected chi connectivity index (χ3v) is 1.92. The molecule has 0 aromatic rings. The molecule has 0 spiro atoms. The van der Waals surface area contributed by atoms with Crippen LogP contribution >= 0.6 is 0 Å². The second-order valence-electron chi connectivity index (χ2n) is 2.70. The third kappa shape index (κ3) is 1.73. The molecule has 2 unspecified atom stereocenters. The van der Waals surface area contributed by atoms with E-state index in [1.54, 1.807) is 0 Å². The van der Waals surface area contributed by atoms with Crippen molar-refractivity contribution in [2.75, 3.05) is 13.2 Å². The SMILES string of the molecule is C#CCC(N)C1CCOC1. The van der Waals surface area contributed by atoms with Gasteiger partial charge < -0.3 is 10.5 Å². The maximum Gasteiger partial charge on any atom is 0.0510 e. The number of rotatable bonds is 2. The molecule has 2 N–H and O–H groups in total. The summed E-state index contributed by atoms with van der Waals surface area (Å²) in [7, 11) is 0. The van der Waals surface area contributed by atoms with E-state index in [4.69, 9.17) is 16.9 Å². The summed E-state index contributed by atoms with van der Waals surface area (Å²) in [6.45, 7) is 1.64. The lowest BCUT2D eigenvalue weighted by molar-refractivity contribution is 0.181. The normalized spacial score (nSPS) is 27.8. The minimum atomic E-state index is 0.146. The van der Waals surface area contributed by atoms with Gasteiger partial charge in [0, 0.05) is 25.0 Å². The van der Waals surface area contributed by atoms with Gasteiger partial charge in [-0.1, -0.05) is 0 Å². The molecular weight excluding hydrogens is 126 g/mol. The van der Waals surface area contributed by atoms with Crippen LogP contribution in [0.5, 0.6) is 0 Å². The molecule has 0 aliphatic carbocycles. The van der Waals surface area contributed by atoms with Gasteiger partial charge in [-0.15, -0.1) is 12.3 Å². The zero-order chi connectivity index (χ0) is 7.40. The number of hydrogen-bond donors (Lipinski definition) is 1. The molecule has 1 aliphatic heterocycles. The van der Waals surface area contributed by atoms with Gasteiger partial charge in [-0.3, -0.25) is 0 Å². The molecule has 0 amide bonds. The third-order valence-electron chi connectivity index (χ3n) is 1.92. The highest BCUT2D eigenvalue weighted by Crippen LogP contribution is 2.16. The van der Waals surface area contributed by atoms with Crippen molar-refractivity contribution >= 4 is 0 Å². The van der Waals surface area contributed by atoms with E-state index in [2.05, 4.69) is 5.92 Å². The fourth-order valence-corrected chi connectivity index (χ4v) is 1.19. The van der Waals surface area contributed by atoms with Gasteiger partial charge in [-0.25, -0.2) is 0 Å². The van der Waals surface area contributed by atoms with Gasteiger partial charge in [0.05, 0.1) is 6.61 Å². The standard InChI is InChI=1S/C8H13NO/c1-2-3-8(9)7-4-5-10-6-7/h1,7-8H,3-6,9H2. The van der Waals surface area contributed by atoms with Crippen LogP contribution in [0.3, 0.4) is 0 Å². The average molecular weight is 139 g/mol. The summed E-state index contributed by atoms with van der Waals surface area (Å²) in [6.07, 6.45) is 6.87. The summed E-state index contributed by atoms with van der Waals surface area (Å²) in [4.78, 5) is 0. The van der Waals surface area contributed by atoms with E-state index in [0.29, 0.717) is 12.3 Å². The first-order chi connectivity index (χ1) is 4.84. The first-order valence-electron chi connectivity index (χ1n) is 3.61. The van der Waals surface area contributed by atoms with Gasteiger partial charge in [-0.2, -0.15) is 0 Å². The maximum absolute atomic E-state index is 5.77. The summed E-state index contributed by atoms with van der Waals surface area (Å²) in [5.74, 6) is 3.06. The van der Waals surface area contributed by atoms with Crippen molar-refractivity contribution in [1.29, 1.82) is 0 Å². The van der Waals surface area contributed by atoms with Gasteiger partial charge in [0.1, 0.15) is 0 Å². The Balaban J connectivity index is 2.26. The zero-order valence-corrected chi connectivity index (χ0v) is 6.05. The highest BCUT2D eigenvalue weighted by atomic mass is 16.5. The molecule has 0 radical (unpaired) electrons. The van der Waals surface area contributed by atoms with Crippen LogP contribution in [0.2, 0.25) is 0 Å². The molecule has 56 valence electrons. The van der Waals surface area contributed by atoms with E-state index in [1.807, 2.05) is 0 Å². The van der Waals surface area contributed by atoms with Gasteiger partial charge in [0.25, 0.3) is 0 Å². The summed E-state index contributed by atoms with van der Waals surface area (Å²) in [5, 5.41) is 0. The average Bonchev–Trinajstić information content (AvgIpc) is 2.38. The molecule has 1 fully saturated rings. The van der Waals surface area contributed by atoms with Crippen LogP contribution in [0.25, 0.3) is 0 Å². The molecule has 0 bridgehead atoms. The number of nitrogens with two attached hydrogens (primary N) is 1. The molecule has 1 saturated heterocycles. The number of terminal acetylenes is 1. The summed E-state index contributed by atoms with van der Waals surface area (Å²) in [6, 6.07) is 0.146. The molecule has 0 saturated carbocycles. The van der Waals surface area contributed by atoms with Crippen LogP contribution in [0.1, 0.15) is 12.8 Å². The Morgan fingerprint density at radius 3 is 3.10 bits per heavy atom. The fraction of sp³-hybridized carbons (Fsp3) is 0.750. The minimum Gasteiger partial charge on any atom is -0.381 e. The predicted octanol–water partition coefficient (Wildman–Crippen LogP) is 0.373. The topological polar surface area (TPSA) is 35.2 Å². The largest absolute Gasteiger partial charge is 0.381 e. The summed E-state index contributed by atoms with van der Waals surface area (Å²) >= 11 is 0. The van der Waals surface area contributed by atoms with E-state index in [0.717, 1.165) is 19.6 Å². The molecule has 10 heavy (non-hydrogen) atoms. The smallest absolute Gasteiger partial charge is 0.0510 e. The molecule has 1 rings (SSSR count). The van der Waals surface area contributed by atoms with Crippen molar-refractivity contribution in [2.24, 2.45) is 11.7 Å². The van der Waals surface area contributed by atoms with Crippen molar-refractivity contribution in [3.8, 4) is 12.3 Å². The molecule has 2 heteroatoms. The Hall–Kier alpha value is -0.520. The predicted molar refractivity (Wildman–Crippen MR) is 40.4 cm³/mol. The van der Waals surface area contributed by atoms with E-state index in [1.165, 1.54) is 0 Å². The van der Waals surface area contributed by atoms with Crippen LogP contribution in [-0.4, -0.2) is 19.3 Å². The summed E-state index contributed by atoms with van der Waals surface area (Å²) in [5.41, 5.74) is 5.77. The number of ether oxygens (including phenoxy) is 1. The van der Waals surface area contributed by atoms with E-state index >= 15 is 0 Å². The quantitative estimate of drug-likeness (QED) is 0.561. The molecule has 1 heterocycles. The second kappa shape index (κ2) is 3.60. The van der Waals surface area contributed by atoms with E-state index in [-0.39, 0.29) is 6.04 Å². The van der Waals surface area contributed by atoms with Crippen LogP contribution in [-0.2, 0) is 4.74 Å². The molecule has 2 nitrogen and oxygen atoms in total. The monoisotopic (exact) mass is 139 g/mol. The highest BCUT2D eigenvalue weighted by molar-refractivity contribution is 4.91. The van der Waals surface area contributed by atoms with Crippen molar-refractivity contribution < 1.29 is 4.74 Å². The van der Waals surface area contributed by atoms with Gasteiger partial charge in [0.2, 0.25) is 0 Å². The molecular formula is C8H13NO.